The fraction of sp³-hybridized carbons (Fsp3) is 0.632. The van der Waals surface area contributed by atoms with Crippen molar-refractivity contribution in [3.8, 4) is 5.75 Å². The van der Waals surface area contributed by atoms with Gasteiger partial charge in [0.05, 0.1) is 18.8 Å². The van der Waals surface area contributed by atoms with Crippen molar-refractivity contribution in [3.05, 3.63) is 66.8 Å². The number of carbonyl (C=O) groups is 2. The molecule has 3 fully saturated rings. The summed E-state index contributed by atoms with van der Waals surface area (Å²) in [6.45, 7) is 11.0. The lowest BCUT2D eigenvalue weighted by Crippen LogP contribution is -2.26. The first-order chi connectivity index (χ1) is 20.9. The molecule has 0 aromatic heterocycles. The second-order valence-corrected chi connectivity index (χ2v) is 13.4. The fourth-order valence-electron chi connectivity index (χ4n) is 8.17. The Bertz CT molecular complexity index is 1080. The zero-order chi connectivity index (χ0) is 30.6. The van der Waals surface area contributed by atoms with Gasteiger partial charge in [0.25, 0.3) is 0 Å². The molecule has 3 saturated carbocycles. The van der Waals surface area contributed by atoms with E-state index < -0.39 is 11.9 Å². The Morgan fingerprint density at radius 2 is 1.40 bits per heavy atom. The molecule has 0 aliphatic heterocycles. The smallest absolute Gasteiger partial charge is 0.335 e. The summed E-state index contributed by atoms with van der Waals surface area (Å²) < 4.78 is 10.8. The molecule has 0 saturated heterocycles. The van der Waals surface area contributed by atoms with Crippen molar-refractivity contribution >= 4 is 11.9 Å². The van der Waals surface area contributed by atoms with Crippen molar-refractivity contribution in [2.45, 2.75) is 115 Å². The predicted octanol–water partition coefficient (Wildman–Crippen LogP) is 8.97. The minimum absolute atomic E-state index is 0.108. The van der Waals surface area contributed by atoms with Crippen LogP contribution >= 0.6 is 0 Å². The second kappa shape index (κ2) is 17.0. The van der Waals surface area contributed by atoms with Gasteiger partial charge in [0.15, 0.2) is 0 Å². The van der Waals surface area contributed by atoms with Crippen LogP contribution in [0.25, 0.3) is 0 Å². The largest absolute Gasteiger partial charge is 0.462 e. The maximum absolute atomic E-state index is 12.0. The molecule has 0 bridgehead atoms. The molecule has 3 aliphatic rings. The molecule has 0 heterocycles. The third-order valence-corrected chi connectivity index (χ3v) is 10.7. The maximum atomic E-state index is 12.0. The maximum Gasteiger partial charge on any atom is 0.335 e. The topological polar surface area (TPSA) is 72.8 Å². The van der Waals surface area contributed by atoms with Crippen LogP contribution in [0.1, 0.15) is 126 Å². The van der Waals surface area contributed by atoms with E-state index in [4.69, 9.17) is 14.6 Å². The van der Waals surface area contributed by atoms with Crippen LogP contribution in [0.3, 0.4) is 0 Å². The van der Waals surface area contributed by atoms with Crippen molar-refractivity contribution < 1.29 is 24.2 Å². The molecule has 1 aromatic rings. The molecule has 5 heteroatoms. The number of aliphatic hydroxyl groups excluding tert-OH is 1. The molecule has 43 heavy (non-hydrogen) atoms. The van der Waals surface area contributed by atoms with Gasteiger partial charge in [-0.3, -0.25) is 0 Å². The minimum atomic E-state index is -0.499. The van der Waals surface area contributed by atoms with E-state index in [1.54, 1.807) is 0 Å². The van der Waals surface area contributed by atoms with E-state index in [9.17, 15) is 9.59 Å². The van der Waals surface area contributed by atoms with E-state index in [-0.39, 0.29) is 12.2 Å². The number of aliphatic hydroxyl groups is 1. The number of carbonyl (C=O) groups excluding carboxylic acids is 2. The molecular weight excluding hydrogens is 536 g/mol. The number of ether oxygens (including phenoxy) is 2. The van der Waals surface area contributed by atoms with Gasteiger partial charge in [0.2, 0.25) is 0 Å². The average Bonchev–Trinajstić information content (AvgIpc) is 3.05. The molecule has 4 rings (SSSR count). The number of hydrogen-bond acceptors (Lipinski definition) is 5. The van der Waals surface area contributed by atoms with E-state index >= 15 is 0 Å². The number of allylic oxidation sites excluding steroid dienone is 1. The van der Waals surface area contributed by atoms with Crippen LogP contribution in [0.2, 0.25) is 0 Å². The summed E-state index contributed by atoms with van der Waals surface area (Å²) >= 11 is 0. The minimum Gasteiger partial charge on any atom is -0.462 e. The van der Waals surface area contributed by atoms with Crippen LogP contribution in [0, 0.1) is 23.7 Å². The van der Waals surface area contributed by atoms with Gasteiger partial charge >= 0.3 is 11.9 Å². The van der Waals surface area contributed by atoms with Crippen molar-refractivity contribution in [2.75, 3.05) is 13.2 Å². The fourth-order valence-corrected chi connectivity index (χ4v) is 8.17. The van der Waals surface area contributed by atoms with Gasteiger partial charge in [0.1, 0.15) is 5.75 Å². The molecule has 3 aliphatic carbocycles. The van der Waals surface area contributed by atoms with Gasteiger partial charge in [-0.2, -0.15) is 0 Å². The van der Waals surface area contributed by atoms with Gasteiger partial charge in [-0.1, -0.05) is 38.1 Å². The molecule has 0 atom stereocenters. The Balaban J connectivity index is 1.32. The van der Waals surface area contributed by atoms with Gasteiger partial charge in [-0.25, -0.2) is 9.59 Å². The summed E-state index contributed by atoms with van der Waals surface area (Å²) in [6, 6.07) is 6.36. The van der Waals surface area contributed by atoms with E-state index in [2.05, 4.69) is 37.9 Å². The monoisotopic (exact) mass is 590 g/mol. The number of esters is 2. The van der Waals surface area contributed by atoms with E-state index in [0.29, 0.717) is 30.1 Å². The summed E-state index contributed by atoms with van der Waals surface area (Å²) in [6.07, 6.45) is 23.0. The lowest BCUT2D eigenvalue weighted by Gasteiger charge is -2.39. The van der Waals surface area contributed by atoms with Gasteiger partial charge in [-0.05, 0) is 149 Å². The highest BCUT2D eigenvalue weighted by molar-refractivity contribution is 5.87. The Kier molecular flexibility index (Phi) is 13.1. The lowest BCUT2D eigenvalue weighted by molar-refractivity contribution is -0.139. The molecule has 0 unspecified atom stereocenters. The lowest BCUT2D eigenvalue weighted by atomic mass is 9.67. The molecule has 0 radical (unpaired) electrons. The molecular formula is C38H54O5. The third kappa shape index (κ3) is 9.66. The molecule has 5 nitrogen and oxygen atoms in total. The summed E-state index contributed by atoms with van der Waals surface area (Å²) in [5.41, 5.74) is 2.97. The predicted molar refractivity (Wildman–Crippen MR) is 173 cm³/mol. The quantitative estimate of drug-likeness (QED) is 0.0770. The number of benzene rings is 1. The zero-order valence-corrected chi connectivity index (χ0v) is 26.3. The first-order valence-corrected chi connectivity index (χ1v) is 17.0. The van der Waals surface area contributed by atoms with Crippen molar-refractivity contribution in [2.24, 2.45) is 23.7 Å². The number of rotatable bonds is 14. The Labute approximate surface area is 259 Å². The summed E-state index contributed by atoms with van der Waals surface area (Å²) in [5.74, 6) is 4.10. The van der Waals surface area contributed by atoms with Crippen LogP contribution in [0.15, 0.2) is 55.7 Å². The number of hydrogen-bond donors (Lipinski definition) is 1. The van der Waals surface area contributed by atoms with Crippen LogP contribution < -0.4 is 4.74 Å². The molecule has 0 spiro atoms. The Morgan fingerprint density at radius 3 is 2.02 bits per heavy atom. The highest BCUT2D eigenvalue weighted by atomic mass is 16.5. The van der Waals surface area contributed by atoms with Crippen LogP contribution in [0.4, 0.5) is 0 Å². The van der Waals surface area contributed by atoms with E-state index in [0.717, 1.165) is 49.9 Å². The van der Waals surface area contributed by atoms with Crippen molar-refractivity contribution in [1.29, 1.82) is 0 Å². The standard InChI is InChI=1S/C38H54O5/c1-4-6-8-28-10-14-30(15-11-28)31-18-20-33(21-19-31)36-25-34(43-37(40)5-2)22-23-35(36)32-16-12-29(13-17-32)9-7-24-42-38(41)27(3)26-39/h4-5,22-23,25,28-33,39H,1-3,6-21,24,26H2. The van der Waals surface area contributed by atoms with Crippen LogP contribution in [0.5, 0.6) is 5.75 Å². The third-order valence-electron chi connectivity index (χ3n) is 10.7. The van der Waals surface area contributed by atoms with Gasteiger partial charge in [0, 0.05) is 6.08 Å². The Morgan fingerprint density at radius 1 is 0.814 bits per heavy atom. The first-order valence-electron chi connectivity index (χ1n) is 17.0. The molecule has 1 aromatic carbocycles. The van der Waals surface area contributed by atoms with Gasteiger partial charge < -0.3 is 14.6 Å². The summed E-state index contributed by atoms with van der Waals surface area (Å²) in [7, 11) is 0. The van der Waals surface area contributed by atoms with Crippen molar-refractivity contribution in [3.63, 3.8) is 0 Å². The van der Waals surface area contributed by atoms with Crippen LogP contribution in [-0.4, -0.2) is 30.3 Å². The van der Waals surface area contributed by atoms with Gasteiger partial charge in [-0.15, -0.1) is 6.58 Å². The second-order valence-electron chi connectivity index (χ2n) is 13.4. The van der Waals surface area contributed by atoms with E-state index in [1.165, 1.54) is 87.8 Å². The molecule has 0 amide bonds. The Hall–Kier alpha value is -2.66. The average molecular weight is 591 g/mol. The van der Waals surface area contributed by atoms with E-state index in [1.807, 2.05) is 6.07 Å². The SMILES string of the molecule is C=CCCC1CCC(C2CCC(c3cc(OC(=O)C=C)ccc3C3CCC(CCCOC(=O)C(=C)CO)CC3)CC2)CC1. The highest BCUT2D eigenvalue weighted by Gasteiger charge is 2.33. The molecule has 236 valence electrons. The van der Waals surface area contributed by atoms with Crippen LogP contribution in [-0.2, 0) is 14.3 Å². The molecule has 1 N–H and O–H groups in total. The normalized spacial score (nSPS) is 27.6. The first kappa shape index (κ1) is 33.2. The summed E-state index contributed by atoms with van der Waals surface area (Å²) in [5, 5.41) is 9.02. The highest BCUT2D eigenvalue weighted by Crippen LogP contribution is 2.48. The summed E-state index contributed by atoms with van der Waals surface area (Å²) in [4.78, 5) is 23.7. The zero-order valence-electron chi connectivity index (χ0n) is 26.3. The van der Waals surface area contributed by atoms with Crippen molar-refractivity contribution in [1.82, 2.24) is 0 Å².